The van der Waals surface area contributed by atoms with Crippen molar-refractivity contribution in [3.63, 3.8) is 0 Å². The first kappa shape index (κ1) is 23.4. The second-order valence-corrected chi connectivity index (χ2v) is 7.73. The predicted molar refractivity (Wildman–Crippen MR) is 114 cm³/mol. The molecule has 0 atom stereocenters. The van der Waals surface area contributed by atoms with E-state index in [0.717, 1.165) is 64.7 Å². The lowest BCUT2D eigenvalue weighted by Gasteiger charge is -2.43. The van der Waals surface area contributed by atoms with Crippen molar-refractivity contribution >= 4 is 5.96 Å². The predicted octanol–water partition coefficient (Wildman–Crippen LogP) is 2.02. The molecule has 0 aliphatic carbocycles. The van der Waals surface area contributed by atoms with Crippen LogP contribution in [0.4, 0.5) is 0 Å². The van der Waals surface area contributed by atoms with Gasteiger partial charge in [-0.15, -0.1) is 0 Å². The van der Waals surface area contributed by atoms with Gasteiger partial charge in [0.2, 0.25) is 0 Å². The lowest BCUT2D eigenvalue weighted by atomic mass is 9.88. The topological polar surface area (TPSA) is 67.4 Å². The Balaban J connectivity index is 1.72. The van der Waals surface area contributed by atoms with Crippen molar-refractivity contribution in [2.75, 3.05) is 72.4 Å². The van der Waals surface area contributed by atoms with Crippen LogP contribution in [0.15, 0.2) is 4.99 Å². The van der Waals surface area contributed by atoms with Crippen molar-refractivity contribution in [1.82, 2.24) is 15.5 Å². The lowest BCUT2D eigenvalue weighted by Crippen LogP contribution is -2.54. The summed E-state index contributed by atoms with van der Waals surface area (Å²) in [5.74, 6) is 0.885. The fourth-order valence-electron chi connectivity index (χ4n) is 3.90. The third kappa shape index (κ3) is 8.23. The number of nitrogens with one attached hydrogen (secondary N) is 2. The molecule has 0 radical (unpaired) electrons. The number of likely N-dealkylation sites (tertiary alicyclic amines) is 1. The highest BCUT2D eigenvalue weighted by Crippen LogP contribution is 2.31. The van der Waals surface area contributed by atoms with Gasteiger partial charge in [0.05, 0.1) is 26.4 Å². The molecule has 2 rings (SSSR count). The maximum absolute atomic E-state index is 5.64. The second kappa shape index (κ2) is 14.1. The molecular formula is C21H42N4O3. The van der Waals surface area contributed by atoms with Gasteiger partial charge in [0, 0.05) is 38.4 Å². The Morgan fingerprint density at radius 1 is 1.00 bits per heavy atom. The molecule has 0 aromatic heterocycles. The van der Waals surface area contributed by atoms with Crippen molar-refractivity contribution < 1.29 is 14.2 Å². The smallest absolute Gasteiger partial charge is 0.191 e. The Morgan fingerprint density at radius 3 is 2.39 bits per heavy atom. The number of rotatable bonds is 13. The summed E-state index contributed by atoms with van der Waals surface area (Å²) < 4.78 is 16.8. The van der Waals surface area contributed by atoms with Crippen LogP contribution in [-0.4, -0.2) is 88.8 Å². The summed E-state index contributed by atoms with van der Waals surface area (Å²) in [6.45, 7) is 13.6. The highest BCUT2D eigenvalue weighted by atomic mass is 16.5. The first-order chi connectivity index (χ1) is 13.8. The molecule has 7 nitrogen and oxygen atoms in total. The molecule has 0 aromatic carbocycles. The van der Waals surface area contributed by atoms with Gasteiger partial charge in [-0.25, -0.2) is 0 Å². The van der Waals surface area contributed by atoms with E-state index in [9.17, 15) is 0 Å². The Hall–Kier alpha value is -0.890. The van der Waals surface area contributed by atoms with E-state index in [-0.39, 0.29) is 5.54 Å². The minimum Gasteiger partial charge on any atom is -0.381 e. The fourth-order valence-corrected chi connectivity index (χ4v) is 3.90. The van der Waals surface area contributed by atoms with Gasteiger partial charge in [-0.3, -0.25) is 9.89 Å². The molecule has 0 spiro atoms. The maximum atomic E-state index is 5.64. The zero-order valence-corrected chi connectivity index (χ0v) is 18.1. The first-order valence-electron chi connectivity index (χ1n) is 11.3. The van der Waals surface area contributed by atoms with Crippen molar-refractivity contribution in [3.05, 3.63) is 0 Å². The number of aliphatic imine (C=N–C) groups is 1. The molecule has 0 saturated carbocycles. The molecule has 0 bridgehead atoms. The van der Waals surface area contributed by atoms with Crippen LogP contribution >= 0.6 is 0 Å². The summed E-state index contributed by atoms with van der Waals surface area (Å²) in [7, 11) is 0. The van der Waals surface area contributed by atoms with E-state index >= 15 is 0 Å². The number of nitrogens with zero attached hydrogens (tertiary/aromatic N) is 2. The molecule has 2 fully saturated rings. The van der Waals surface area contributed by atoms with Crippen molar-refractivity contribution in [2.45, 2.75) is 57.9 Å². The van der Waals surface area contributed by atoms with Crippen LogP contribution in [0.5, 0.6) is 0 Å². The maximum Gasteiger partial charge on any atom is 0.191 e. The van der Waals surface area contributed by atoms with E-state index in [1.807, 2.05) is 0 Å². The molecule has 2 N–H and O–H groups in total. The van der Waals surface area contributed by atoms with E-state index in [2.05, 4.69) is 29.4 Å². The summed E-state index contributed by atoms with van der Waals surface area (Å²) in [5, 5.41) is 6.77. The van der Waals surface area contributed by atoms with Gasteiger partial charge >= 0.3 is 0 Å². The Labute approximate surface area is 171 Å². The minimum absolute atomic E-state index is 0.170. The lowest BCUT2D eigenvalue weighted by molar-refractivity contribution is -0.0139. The Bertz CT molecular complexity index is 422. The zero-order valence-electron chi connectivity index (χ0n) is 18.1. The first-order valence-corrected chi connectivity index (χ1v) is 11.3. The van der Waals surface area contributed by atoms with Crippen LogP contribution in [0.3, 0.4) is 0 Å². The van der Waals surface area contributed by atoms with Gasteiger partial charge in [-0.1, -0.05) is 13.3 Å². The summed E-state index contributed by atoms with van der Waals surface area (Å²) in [5.41, 5.74) is 0.170. The van der Waals surface area contributed by atoms with Gasteiger partial charge in [-0.05, 0) is 52.1 Å². The highest BCUT2D eigenvalue weighted by Gasteiger charge is 2.39. The Kier molecular flexibility index (Phi) is 11.8. The van der Waals surface area contributed by atoms with Gasteiger partial charge in [-0.2, -0.15) is 0 Å². The number of hydrogen-bond acceptors (Lipinski definition) is 5. The van der Waals surface area contributed by atoms with Gasteiger partial charge in [0.1, 0.15) is 0 Å². The molecule has 164 valence electrons. The quantitative estimate of drug-likeness (QED) is 0.281. The molecule has 0 amide bonds. The molecule has 28 heavy (non-hydrogen) atoms. The van der Waals surface area contributed by atoms with Crippen LogP contribution in [0, 0.1) is 0 Å². The molecule has 2 heterocycles. The molecule has 7 heteroatoms. The number of unbranched alkanes of at least 4 members (excludes halogenated alkanes) is 1. The summed E-state index contributed by atoms with van der Waals surface area (Å²) in [6.07, 6.45) is 7.07. The van der Waals surface area contributed by atoms with Crippen LogP contribution in [0.2, 0.25) is 0 Å². The van der Waals surface area contributed by atoms with Crippen LogP contribution < -0.4 is 10.6 Å². The van der Waals surface area contributed by atoms with E-state index in [0.29, 0.717) is 19.8 Å². The SMILES string of the molecule is CCCCOCCOCCNC(=NCC1(N2CCCC2)CCOCC1)NCC. The van der Waals surface area contributed by atoms with Gasteiger partial charge in [0.25, 0.3) is 0 Å². The highest BCUT2D eigenvalue weighted by molar-refractivity contribution is 5.79. The second-order valence-electron chi connectivity index (χ2n) is 7.73. The largest absolute Gasteiger partial charge is 0.381 e. The zero-order chi connectivity index (χ0) is 19.9. The van der Waals surface area contributed by atoms with Crippen molar-refractivity contribution in [1.29, 1.82) is 0 Å². The van der Waals surface area contributed by atoms with Crippen molar-refractivity contribution in [2.24, 2.45) is 4.99 Å². The number of guanidine groups is 1. The molecule has 0 aromatic rings. The third-order valence-corrected chi connectivity index (χ3v) is 5.63. The monoisotopic (exact) mass is 398 g/mol. The summed E-state index contributed by atoms with van der Waals surface area (Å²) in [6, 6.07) is 0. The normalized spacial score (nSPS) is 20.4. The number of hydrogen-bond donors (Lipinski definition) is 2. The average Bonchev–Trinajstić information content (AvgIpc) is 3.27. The average molecular weight is 399 g/mol. The van der Waals surface area contributed by atoms with Gasteiger partial charge < -0.3 is 24.8 Å². The van der Waals surface area contributed by atoms with E-state index in [1.54, 1.807) is 0 Å². The molecule has 2 saturated heterocycles. The number of ether oxygens (including phenoxy) is 3. The fraction of sp³-hybridized carbons (Fsp3) is 0.952. The van der Waals surface area contributed by atoms with Crippen molar-refractivity contribution in [3.8, 4) is 0 Å². The third-order valence-electron chi connectivity index (χ3n) is 5.63. The minimum atomic E-state index is 0.170. The molecule has 2 aliphatic heterocycles. The molecular weight excluding hydrogens is 356 g/mol. The van der Waals surface area contributed by atoms with Crippen LogP contribution in [0.25, 0.3) is 0 Å². The van der Waals surface area contributed by atoms with E-state index < -0.39 is 0 Å². The molecule has 0 unspecified atom stereocenters. The summed E-state index contributed by atoms with van der Waals surface area (Å²) >= 11 is 0. The van der Waals surface area contributed by atoms with Crippen LogP contribution in [-0.2, 0) is 14.2 Å². The van der Waals surface area contributed by atoms with E-state index in [1.165, 1.54) is 32.4 Å². The standard InChI is InChI=1S/C21H42N4O3/c1-3-5-13-26-17-18-28-16-10-23-20(22-4-2)24-19-21(8-14-27-15-9-21)25-11-6-7-12-25/h3-19H2,1-2H3,(H2,22,23,24). The van der Waals surface area contributed by atoms with Crippen LogP contribution in [0.1, 0.15) is 52.4 Å². The van der Waals surface area contributed by atoms with Gasteiger partial charge in [0.15, 0.2) is 5.96 Å². The summed E-state index contributed by atoms with van der Waals surface area (Å²) in [4.78, 5) is 7.60. The van der Waals surface area contributed by atoms with E-state index in [4.69, 9.17) is 19.2 Å². The molecule has 2 aliphatic rings. The Morgan fingerprint density at radius 2 is 1.71 bits per heavy atom.